The molecule has 4 amide bonds. The smallest absolute Gasteiger partial charge is 0.249 e. The number of rotatable bonds is 10. The van der Waals surface area contributed by atoms with Crippen molar-refractivity contribution in [2.24, 2.45) is 5.92 Å². The number of benzene rings is 2. The topological polar surface area (TPSA) is 144 Å². The van der Waals surface area contributed by atoms with Crippen LogP contribution in [0.2, 0.25) is 0 Å². The van der Waals surface area contributed by atoms with Crippen LogP contribution in [0.25, 0.3) is 10.9 Å². The van der Waals surface area contributed by atoms with Gasteiger partial charge in [0.1, 0.15) is 18.2 Å². The number of anilines is 1. The number of likely N-dealkylation sites (tertiary alicyclic amines) is 2. The van der Waals surface area contributed by atoms with Crippen LogP contribution in [0, 0.1) is 5.92 Å². The largest absolute Gasteiger partial charge is 0.383 e. The summed E-state index contributed by atoms with van der Waals surface area (Å²) in [7, 11) is 1.68. The fourth-order valence-electron chi connectivity index (χ4n) is 6.17. The molecule has 4 N–H and O–H groups in total. The Labute approximate surface area is 257 Å². The predicted octanol–water partition coefficient (Wildman–Crippen LogP) is 1.71. The van der Waals surface area contributed by atoms with Crippen molar-refractivity contribution in [3.05, 3.63) is 72.4 Å². The third-order valence-electron chi connectivity index (χ3n) is 8.39. The van der Waals surface area contributed by atoms with E-state index in [1.165, 1.54) is 4.90 Å². The van der Waals surface area contributed by atoms with E-state index in [4.69, 9.17) is 0 Å². The first-order valence-corrected chi connectivity index (χ1v) is 15.2. The number of likely N-dealkylation sites (N-methyl/N-ethyl adjacent to an activating group) is 1. The van der Waals surface area contributed by atoms with Crippen molar-refractivity contribution >= 4 is 40.2 Å². The summed E-state index contributed by atoms with van der Waals surface area (Å²) in [6.07, 6.45) is 1.77. The summed E-state index contributed by atoms with van der Waals surface area (Å²) in [4.78, 5) is 61.0. The van der Waals surface area contributed by atoms with Gasteiger partial charge in [-0.25, -0.2) is 0 Å². The molecule has 2 saturated heterocycles. The number of aliphatic hydroxyl groups excluding tert-OH is 1. The van der Waals surface area contributed by atoms with Gasteiger partial charge in [0.25, 0.3) is 0 Å². The molecular weight excluding hydrogens is 560 g/mol. The van der Waals surface area contributed by atoms with E-state index >= 15 is 0 Å². The third kappa shape index (κ3) is 7.23. The number of nitrogens with zero attached hydrogens (tertiary/aromatic N) is 3. The standard InChI is InChI=1S/C33H40N6O5/c1-21-14-28(38(19-21)30(41)18-34-2)33(44)39-20-25(37-32(43)29(40)13-12-22-8-4-3-5-9-22)16-27(39)31(42)36-24-15-23-10-6-7-11-26(23)35-17-24/h3-11,15,17,21,25,27-29,34,40H,12-14,16,18-20H2,1-2H3,(H,36,42)(H,37,43)/t21-,25-,27+,28+,29-/m1/s1. The normalized spacial score (nSPS) is 22.2. The van der Waals surface area contributed by atoms with Crippen LogP contribution in [-0.2, 0) is 25.6 Å². The van der Waals surface area contributed by atoms with E-state index < -0.39 is 36.0 Å². The van der Waals surface area contributed by atoms with Crippen molar-refractivity contribution < 1.29 is 24.3 Å². The van der Waals surface area contributed by atoms with E-state index in [-0.39, 0.29) is 43.7 Å². The Balaban J connectivity index is 1.32. The minimum Gasteiger partial charge on any atom is -0.383 e. The molecule has 0 saturated carbocycles. The molecule has 0 bridgehead atoms. The van der Waals surface area contributed by atoms with Gasteiger partial charge in [-0.3, -0.25) is 24.2 Å². The fraction of sp³-hybridized carbons (Fsp3) is 0.424. The third-order valence-corrected chi connectivity index (χ3v) is 8.39. The lowest BCUT2D eigenvalue weighted by atomic mass is 10.1. The van der Waals surface area contributed by atoms with E-state index in [0.29, 0.717) is 25.1 Å². The fourth-order valence-corrected chi connectivity index (χ4v) is 6.17. The number of pyridine rings is 1. The van der Waals surface area contributed by atoms with Crippen molar-refractivity contribution in [2.75, 3.05) is 32.0 Å². The van der Waals surface area contributed by atoms with Gasteiger partial charge in [0.2, 0.25) is 23.6 Å². The molecular formula is C33H40N6O5. The second-order valence-electron chi connectivity index (χ2n) is 11.8. The summed E-state index contributed by atoms with van der Waals surface area (Å²) >= 11 is 0. The van der Waals surface area contributed by atoms with Gasteiger partial charge in [0.15, 0.2) is 0 Å². The zero-order valence-electron chi connectivity index (χ0n) is 25.1. The van der Waals surface area contributed by atoms with Crippen LogP contribution in [0.5, 0.6) is 0 Å². The lowest BCUT2D eigenvalue weighted by molar-refractivity contribution is -0.145. The molecule has 3 heterocycles. The molecule has 11 nitrogen and oxygen atoms in total. The van der Waals surface area contributed by atoms with Gasteiger partial charge in [-0.1, -0.05) is 55.5 Å². The van der Waals surface area contributed by atoms with Crippen LogP contribution >= 0.6 is 0 Å². The van der Waals surface area contributed by atoms with Crippen LogP contribution in [0.1, 0.15) is 31.7 Å². The maximum absolute atomic E-state index is 14.0. The van der Waals surface area contributed by atoms with E-state index in [9.17, 15) is 24.3 Å². The molecule has 232 valence electrons. The lowest BCUT2D eigenvalue weighted by Gasteiger charge is -2.31. The highest BCUT2D eigenvalue weighted by atomic mass is 16.3. The van der Waals surface area contributed by atoms with Crippen LogP contribution in [0.15, 0.2) is 66.9 Å². The Morgan fingerprint density at radius 3 is 2.50 bits per heavy atom. The number of aliphatic hydroxyl groups is 1. The molecule has 0 radical (unpaired) electrons. The number of fused-ring (bicyclic) bond motifs is 1. The Bertz CT molecular complexity index is 1500. The molecule has 5 atom stereocenters. The van der Waals surface area contributed by atoms with Gasteiger partial charge in [-0.15, -0.1) is 0 Å². The number of amides is 4. The van der Waals surface area contributed by atoms with Crippen LogP contribution in [0.4, 0.5) is 5.69 Å². The molecule has 0 unspecified atom stereocenters. The van der Waals surface area contributed by atoms with E-state index in [1.54, 1.807) is 18.1 Å². The minimum atomic E-state index is -1.23. The zero-order chi connectivity index (χ0) is 31.2. The first-order chi connectivity index (χ1) is 21.2. The number of hydrogen-bond acceptors (Lipinski definition) is 7. The number of aryl methyl sites for hydroxylation is 1. The van der Waals surface area contributed by atoms with Crippen LogP contribution in [-0.4, -0.2) is 94.4 Å². The zero-order valence-corrected chi connectivity index (χ0v) is 25.1. The maximum Gasteiger partial charge on any atom is 0.249 e. The second kappa shape index (κ2) is 14.0. The number of para-hydroxylation sites is 1. The summed E-state index contributed by atoms with van der Waals surface area (Å²) in [5.41, 5.74) is 2.30. The molecule has 2 aliphatic heterocycles. The monoisotopic (exact) mass is 600 g/mol. The molecule has 2 aromatic carbocycles. The summed E-state index contributed by atoms with van der Waals surface area (Å²) < 4.78 is 0. The molecule has 11 heteroatoms. The van der Waals surface area contributed by atoms with Gasteiger partial charge in [-0.05, 0) is 56.3 Å². The second-order valence-corrected chi connectivity index (χ2v) is 11.8. The van der Waals surface area contributed by atoms with Gasteiger partial charge in [-0.2, -0.15) is 0 Å². The quantitative estimate of drug-likeness (QED) is 0.277. The molecule has 3 aromatic rings. The average Bonchev–Trinajstić information content (AvgIpc) is 3.64. The molecule has 44 heavy (non-hydrogen) atoms. The molecule has 2 aliphatic rings. The summed E-state index contributed by atoms with van der Waals surface area (Å²) in [5, 5.41) is 20.1. The number of nitrogens with one attached hydrogen (secondary N) is 3. The molecule has 0 spiro atoms. The Morgan fingerprint density at radius 2 is 1.73 bits per heavy atom. The maximum atomic E-state index is 14.0. The van der Waals surface area contributed by atoms with Crippen molar-refractivity contribution in [3.63, 3.8) is 0 Å². The minimum absolute atomic E-state index is 0.0863. The van der Waals surface area contributed by atoms with E-state index in [0.717, 1.165) is 16.5 Å². The highest BCUT2D eigenvalue weighted by Crippen LogP contribution is 2.29. The van der Waals surface area contributed by atoms with Crippen LogP contribution < -0.4 is 16.0 Å². The summed E-state index contributed by atoms with van der Waals surface area (Å²) in [6.45, 7) is 2.64. The highest BCUT2D eigenvalue weighted by Gasteiger charge is 2.46. The van der Waals surface area contributed by atoms with Gasteiger partial charge >= 0.3 is 0 Å². The Hall–Kier alpha value is -4.35. The molecule has 5 rings (SSSR count). The molecule has 2 fully saturated rings. The Morgan fingerprint density at radius 1 is 0.977 bits per heavy atom. The summed E-state index contributed by atoms with van der Waals surface area (Å²) in [5.74, 6) is -1.33. The molecule has 0 aliphatic carbocycles. The van der Waals surface area contributed by atoms with Crippen molar-refractivity contribution in [3.8, 4) is 0 Å². The summed E-state index contributed by atoms with van der Waals surface area (Å²) in [6, 6.07) is 16.8. The number of hydrogen-bond donors (Lipinski definition) is 4. The van der Waals surface area contributed by atoms with Crippen molar-refractivity contribution in [1.82, 2.24) is 25.4 Å². The predicted molar refractivity (Wildman–Crippen MR) is 166 cm³/mol. The first-order valence-electron chi connectivity index (χ1n) is 15.2. The molecule has 1 aromatic heterocycles. The number of carbonyl (C=O) groups is 4. The highest BCUT2D eigenvalue weighted by molar-refractivity contribution is 6.00. The van der Waals surface area contributed by atoms with Gasteiger partial charge in [0.05, 0.1) is 23.9 Å². The number of aromatic nitrogens is 1. The lowest BCUT2D eigenvalue weighted by Crippen LogP contribution is -2.53. The SMILES string of the molecule is CNCC(=O)N1C[C@H](C)C[C@H]1C(=O)N1C[C@H](NC(=O)[C@H](O)CCc2ccccc2)C[C@H]1C(=O)Nc1cnc2ccccc2c1. The first kappa shape index (κ1) is 31.1. The van der Waals surface area contributed by atoms with Gasteiger partial charge in [0, 0.05) is 24.5 Å². The van der Waals surface area contributed by atoms with E-state index in [2.05, 4.69) is 20.9 Å². The Kier molecular flexibility index (Phi) is 9.86. The number of carbonyl (C=O) groups excluding carboxylic acids is 4. The van der Waals surface area contributed by atoms with Crippen molar-refractivity contribution in [1.29, 1.82) is 0 Å². The van der Waals surface area contributed by atoms with Crippen molar-refractivity contribution in [2.45, 2.75) is 56.8 Å². The van der Waals surface area contributed by atoms with E-state index in [1.807, 2.05) is 67.6 Å². The average molecular weight is 601 g/mol. The van der Waals surface area contributed by atoms with Gasteiger partial charge < -0.3 is 30.9 Å². The van der Waals surface area contributed by atoms with Crippen LogP contribution in [0.3, 0.4) is 0 Å².